The lowest BCUT2D eigenvalue weighted by molar-refractivity contribution is 0.0697. The molecule has 2 rings (SSSR count). The fourth-order valence-corrected chi connectivity index (χ4v) is 3.21. The molecule has 1 aromatic heterocycles. The monoisotopic (exact) mass is 336 g/mol. The summed E-state index contributed by atoms with van der Waals surface area (Å²) in [7, 11) is -3.46. The topological polar surface area (TPSA) is 89.3 Å². The number of rotatable bonds is 5. The van der Waals surface area contributed by atoms with Crippen molar-refractivity contribution >= 4 is 15.8 Å². The molecule has 0 radical (unpaired) electrons. The van der Waals surface area contributed by atoms with Crippen LogP contribution in [0.15, 0.2) is 29.3 Å². The van der Waals surface area contributed by atoms with Gasteiger partial charge in [0, 0.05) is 17.8 Å². The Balaban J connectivity index is 2.66. The summed E-state index contributed by atoms with van der Waals surface area (Å²) in [4.78, 5) is 11.6. The number of hydrogen-bond acceptors (Lipinski definition) is 4. The first-order valence-electron chi connectivity index (χ1n) is 7.33. The maximum atomic E-state index is 12.0. The van der Waals surface area contributed by atoms with Gasteiger partial charge in [0.15, 0.2) is 9.84 Å². The highest BCUT2D eigenvalue weighted by Gasteiger charge is 2.20. The van der Waals surface area contributed by atoms with Crippen LogP contribution in [0.3, 0.4) is 0 Å². The van der Waals surface area contributed by atoms with Crippen molar-refractivity contribution in [1.29, 1.82) is 0 Å². The van der Waals surface area contributed by atoms with Gasteiger partial charge in [0.2, 0.25) is 0 Å². The molecule has 1 aromatic carbocycles. The molecule has 0 bridgehead atoms. The number of aryl methyl sites for hydroxylation is 1. The van der Waals surface area contributed by atoms with Crippen molar-refractivity contribution in [3.05, 3.63) is 35.7 Å². The van der Waals surface area contributed by atoms with Crippen LogP contribution in [0.4, 0.5) is 0 Å². The van der Waals surface area contributed by atoms with Crippen LogP contribution in [0.1, 0.15) is 42.9 Å². The number of sulfone groups is 1. The highest BCUT2D eigenvalue weighted by molar-refractivity contribution is 7.91. The second-order valence-corrected chi connectivity index (χ2v) is 7.90. The number of aromatic nitrogens is 2. The lowest BCUT2D eigenvalue weighted by atomic mass is 10.0. The Kier molecular flexibility index (Phi) is 4.61. The minimum Gasteiger partial charge on any atom is -0.478 e. The Morgan fingerprint density at radius 1 is 1.30 bits per heavy atom. The van der Waals surface area contributed by atoms with Gasteiger partial charge in [-0.25, -0.2) is 13.2 Å². The third-order valence-electron chi connectivity index (χ3n) is 3.70. The molecule has 0 aliphatic rings. The molecule has 1 N–H and O–H groups in total. The van der Waals surface area contributed by atoms with Crippen LogP contribution in [0.25, 0.3) is 11.1 Å². The average Bonchev–Trinajstić information content (AvgIpc) is 2.88. The van der Waals surface area contributed by atoms with Gasteiger partial charge in [0.1, 0.15) is 0 Å². The molecule has 6 nitrogen and oxygen atoms in total. The molecule has 124 valence electrons. The Morgan fingerprint density at radius 3 is 2.43 bits per heavy atom. The number of carbonyl (C=O) groups is 1. The van der Waals surface area contributed by atoms with Crippen molar-refractivity contribution < 1.29 is 18.3 Å². The third kappa shape index (κ3) is 3.29. The van der Waals surface area contributed by atoms with Gasteiger partial charge in [0.25, 0.3) is 0 Å². The van der Waals surface area contributed by atoms with Gasteiger partial charge in [-0.2, -0.15) is 5.10 Å². The molecule has 0 atom stereocenters. The number of aromatic carboxylic acids is 1. The zero-order valence-corrected chi connectivity index (χ0v) is 14.4. The first kappa shape index (κ1) is 17.2. The molecule has 0 fully saturated rings. The highest BCUT2D eigenvalue weighted by Crippen LogP contribution is 2.29. The summed E-state index contributed by atoms with van der Waals surface area (Å²) in [5, 5.41) is 13.9. The molecule has 2 aromatic rings. The van der Waals surface area contributed by atoms with Crippen LogP contribution in [0.2, 0.25) is 0 Å². The van der Waals surface area contributed by atoms with Crippen molar-refractivity contribution in [3.63, 3.8) is 0 Å². The minimum absolute atomic E-state index is 0.0232. The van der Waals surface area contributed by atoms with E-state index in [-0.39, 0.29) is 22.3 Å². The quantitative estimate of drug-likeness (QED) is 0.907. The summed E-state index contributed by atoms with van der Waals surface area (Å²) < 4.78 is 25.7. The van der Waals surface area contributed by atoms with Crippen molar-refractivity contribution in [1.82, 2.24) is 9.78 Å². The van der Waals surface area contributed by atoms with Gasteiger partial charge < -0.3 is 5.11 Å². The maximum Gasteiger partial charge on any atom is 0.336 e. The van der Waals surface area contributed by atoms with Crippen LogP contribution in [-0.4, -0.2) is 35.0 Å². The van der Waals surface area contributed by atoms with E-state index in [0.717, 1.165) is 0 Å². The Morgan fingerprint density at radius 2 is 1.96 bits per heavy atom. The summed E-state index contributed by atoms with van der Waals surface area (Å²) in [5.41, 5.74) is 1.83. The van der Waals surface area contributed by atoms with Gasteiger partial charge >= 0.3 is 5.97 Å². The Hall–Kier alpha value is -2.15. The van der Waals surface area contributed by atoms with Crippen LogP contribution < -0.4 is 0 Å². The van der Waals surface area contributed by atoms with Crippen molar-refractivity contribution in [2.45, 2.75) is 38.6 Å². The number of carboxylic acids is 1. The average molecular weight is 336 g/mol. The van der Waals surface area contributed by atoms with Gasteiger partial charge in [-0.1, -0.05) is 13.0 Å². The summed E-state index contributed by atoms with van der Waals surface area (Å²) in [6, 6.07) is 4.37. The molecule has 23 heavy (non-hydrogen) atoms. The zero-order chi connectivity index (χ0) is 17.4. The minimum atomic E-state index is -3.46. The van der Waals surface area contributed by atoms with E-state index in [9.17, 15) is 18.3 Å². The van der Waals surface area contributed by atoms with Crippen LogP contribution in [-0.2, 0) is 9.84 Å². The standard InChI is InChI=1S/C16H20N2O4S/c1-5-23(21,22)12-6-7-13(14(8-12)16(19)20)15-9-18(10(2)3)17-11(15)4/h6-10H,5H2,1-4H3,(H,19,20). The van der Waals surface area contributed by atoms with Gasteiger partial charge in [-0.15, -0.1) is 0 Å². The molecule has 0 saturated carbocycles. The summed E-state index contributed by atoms with van der Waals surface area (Å²) in [5.74, 6) is -1.24. The van der Waals surface area contributed by atoms with E-state index in [1.54, 1.807) is 23.9 Å². The second kappa shape index (κ2) is 6.16. The highest BCUT2D eigenvalue weighted by atomic mass is 32.2. The Labute approximate surface area is 135 Å². The summed E-state index contributed by atoms with van der Waals surface area (Å²) >= 11 is 0. The number of nitrogens with zero attached hydrogens (tertiary/aromatic N) is 2. The molecular formula is C16H20N2O4S. The molecule has 1 heterocycles. The summed E-state index contributed by atoms with van der Waals surface area (Å²) in [6.07, 6.45) is 1.79. The molecule has 0 amide bonds. The smallest absolute Gasteiger partial charge is 0.336 e. The van der Waals surface area contributed by atoms with Gasteiger partial charge in [-0.05, 0) is 38.5 Å². The fraction of sp³-hybridized carbons (Fsp3) is 0.375. The van der Waals surface area contributed by atoms with Gasteiger partial charge in [-0.3, -0.25) is 4.68 Å². The molecule has 0 unspecified atom stereocenters. The molecule has 7 heteroatoms. The first-order valence-corrected chi connectivity index (χ1v) is 8.98. The van der Waals surface area contributed by atoms with E-state index in [1.807, 2.05) is 13.8 Å². The largest absolute Gasteiger partial charge is 0.478 e. The van der Waals surface area contributed by atoms with Gasteiger partial charge in [0.05, 0.1) is 21.9 Å². The van der Waals surface area contributed by atoms with Crippen LogP contribution in [0, 0.1) is 6.92 Å². The number of hydrogen-bond donors (Lipinski definition) is 1. The van der Waals surface area contributed by atoms with E-state index in [2.05, 4.69) is 5.10 Å². The van der Waals surface area contributed by atoms with E-state index in [4.69, 9.17) is 0 Å². The van der Waals surface area contributed by atoms with Crippen molar-refractivity contribution in [2.24, 2.45) is 0 Å². The van der Waals surface area contributed by atoms with E-state index < -0.39 is 15.8 Å². The third-order valence-corrected chi connectivity index (χ3v) is 5.43. The first-order chi connectivity index (χ1) is 10.7. The lowest BCUT2D eigenvalue weighted by Crippen LogP contribution is -2.07. The predicted octanol–water partition coefficient (Wildman–Crippen LogP) is 2.93. The SMILES string of the molecule is CCS(=O)(=O)c1ccc(-c2cn(C(C)C)nc2C)c(C(=O)O)c1. The molecule has 0 aliphatic carbocycles. The van der Waals surface area contributed by atoms with Crippen LogP contribution in [0.5, 0.6) is 0 Å². The molecular weight excluding hydrogens is 316 g/mol. The molecule has 0 aliphatic heterocycles. The molecule has 0 saturated heterocycles. The second-order valence-electron chi connectivity index (χ2n) is 5.62. The number of benzene rings is 1. The van der Waals surface area contributed by atoms with Crippen LogP contribution >= 0.6 is 0 Å². The van der Waals surface area contributed by atoms with E-state index in [1.165, 1.54) is 19.1 Å². The zero-order valence-electron chi connectivity index (χ0n) is 13.6. The maximum absolute atomic E-state index is 12.0. The Bertz CT molecular complexity index is 851. The van der Waals surface area contributed by atoms with Crippen molar-refractivity contribution in [2.75, 3.05) is 5.75 Å². The van der Waals surface area contributed by atoms with E-state index >= 15 is 0 Å². The van der Waals surface area contributed by atoms with E-state index in [0.29, 0.717) is 16.8 Å². The normalized spacial score (nSPS) is 11.9. The number of carboxylic acid groups (broad SMARTS) is 1. The predicted molar refractivity (Wildman–Crippen MR) is 87.5 cm³/mol. The summed E-state index contributed by atoms with van der Waals surface area (Å²) in [6.45, 7) is 7.29. The molecule has 0 spiro atoms. The fourth-order valence-electron chi connectivity index (χ4n) is 2.31. The lowest BCUT2D eigenvalue weighted by Gasteiger charge is -2.08. The van der Waals surface area contributed by atoms with Crippen molar-refractivity contribution in [3.8, 4) is 11.1 Å².